The van der Waals surface area contributed by atoms with E-state index >= 15 is 0 Å². The SMILES string of the molecule is O=Cc1ccc(CC(C=O)c2ccc(-c3ccc(O)c(O)c3)cc2)cc1. The van der Waals surface area contributed by atoms with Gasteiger partial charge in [0.25, 0.3) is 0 Å². The van der Waals surface area contributed by atoms with E-state index in [-0.39, 0.29) is 17.4 Å². The average molecular weight is 346 g/mol. The fraction of sp³-hybridized carbons (Fsp3) is 0.0909. The number of hydrogen-bond acceptors (Lipinski definition) is 4. The zero-order valence-corrected chi connectivity index (χ0v) is 14.0. The van der Waals surface area contributed by atoms with Crippen LogP contribution in [0.3, 0.4) is 0 Å². The minimum atomic E-state index is -0.278. The summed E-state index contributed by atoms with van der Waals surface area (Å²) in [5, 5.41) is 19.0. The number of carbonyl (C=O) groups excluding carboxylic acids is 2. The first-order valence-corrected chi connectivity index (χ1v) is 8.22. The van der Waals surface area contributed by atoms with E-state index in [1.807, 2.05) is 36.4 Å². The van der Waals surface area contributed by atoms with Gasteiger partial charge in [0.1, 0.15) is 12.6 Å². The van der Waals surface area contributed by atoms with Crippen LogP contribution in [0.4, 0.5) is 0 Å². The van der Waals surface area contributed by atoms with E-state index in [9.17, 15) is 19.8 Å². The normalized spacial score (nSPS) is 11.7. The van der Waals surface area contributed by atoms with Crippen LogP contribution in [0, 0.1) is 0 Å². The van der Waals surface area contributed by atoms with Gasteiger partial charge in [0.05, 0.1) is 0 Å². The molecule has 1 atom stereocenters. The van der Waals surface area contributed by atoms with E-state index in [0.717, 1.165) is 34.8 Å². The van der Waals surface area contributed by atoms with Gasteiger partial charge in [-0.1, -0.05) is 54.6 Å². The Balaban J connectivity index is 1.79. The molecule has 3 rings (SSSR count). The van der Waals surface area contributed by atoms with E-state index in [4.69, 9.17) is 0 Å². The molecule has 0 saturated carbocycles. The summed E-state index contributed by atoms with van der Waals surface area (Å²) in [6, 6.07) is 19.4. The highest BCUT2D eigenvalue weighted by Gasteiger charge is 2.12. The maximum atomic E-state index is 11.6. The van der Waals surface area contributed by atoms with Gasteiger partial charge in [-0.05, 0) is 40.8 Å². The average Bonchev–Trinajstić information content (AvgIpc) is 2.69. The number of hydrogen-bond donors (Lipinski definition) is 2. The van der Waals surface area contributed by atoms with Crippen molar-refractivity contribution < 1.29 is 19.8 Å². The predicted octanol–water partition coefficient (Wildman–Crippen LogP) is 4.10. The summed E-state index contributed by atoms with van der Waals surface area (Å²) in [6.07, 6.45) is 2.28. The molecule has 0 spiro atoms. The van der Waals surface area contributed by atoms with Crippen molar-refractivity contribution in [2.24, 2.45) is 0 Å². The van der Waals surface area contributed by atoms with Crippen molar-refractivity contribution in [3.63, 3.8) is 0 Å². The minimum absolute atomic E-state index is 0.160. The minimum Gasteiger partial charge on any atom is -0.504 e. The molecule has 0 amide bonds. The number of phenolic OH excluding ortho intramolecular Hbond substituents is 2. The lowest BCUT2D eigenvalue weighted by molar-refractivity contribution is -0.109. The number of aldehydes is 2. The van der Waals surface area contributed by atoms with Crippen molar-refractivity contribution in [3.05, 3.63) is 83.4 Å². The molecular weight excluding hydrogens is 328 g/mol. The second-order valence-electron chi connectivity index (χ2n) is 6.13. The van der Waals surface area contributed by atoms with Gasteiger partial charge in [0.15, 0.2) is 11.5 Å². The van der Waals surface area contributed by atoms with Crippen LogP contribution in [0.5, 0.6) is 11.5 Å². The van der Waals surface area contributed by atoms with Crippen LogP contribution in [0.15, 0.2) is 66.7 Å². The van der Waals surface area contributed by atoms with Gasteiger partial charge in [-0.15, -0.1) is 0 Å². The smallest absolute Gasteiger partial charge is 0.158 e. The summed E-state index contributed by atoms with van der Waals surface area (Å²) in [5.41, 5.74) is 4.15. The van der Waals surface area contributed by atoms with E-state index in [1.165, 1.54) is 12.1 Å². The number of benzene rings is 3. The first-order chi connectivity index (χ1) is 12.6. The van der Waals surface area contributed by atoms with E-state index in [0.29, 0.717) is 12.0 Å². The van der Waals surface area contributed by atoms with Gasteiger partial charge >= 0.3 is 0 Å². The quantitative estimate of drug-likeness (QED) is 0.520. The topological polar surface area (TPSA) is 74.6 Å². The molecule has 0 fully saturated rings. The van der Waals surface area contributed by atoms with Gasteiger partial charge < -0.3 is 15.0 Å². The zero-order chi connectivity index (χ0) is 18.5. The molecule has 130 valence electrons. The fourth-order valence-electron chi connectivity index (χ4n) is 2.86. The largest absolute Gasteiger partial charge is 0.504 e. The molecule has 0 aliphatic heterocycles. The summed E-state index contributed by atoms with van der Waals surface area (Å²) in [5.74, 6) is -0.609. The molecule has 0 saturated heterocycles. The Morgan fingerprint density at radius 1 is 0.769 bits per heavy atom. The molecule has 0 aromatic heterocycles. The summed E-state index contributed by atoms with van der Waals surface area (Å²) >= 11 is 0. The van der Waals surface area contributed by atoms with Gasteiger partial charge in [-0.3, -0.25) is 4.79 Å². The molecule has 3 aromatic rings. The van der Waals surface area contributed by atoms with Crippen LogP contribution >= 0.6 is 0 Å². The third-order valence-corrected chi connectivity index (χ3v) is 4.38. The Morgan fingerprint density at radius 2 is 1.42 bits per heavy atom. The van der Waals surface area contributed by atoms with Crippen LogP contribution in [0.1, 0.15) is 27.4 Å². The molecule has 0 aliphatic rings. The van der Waals surface area contributed by atoms with Crippen molar-refractivity contribution in [1.29, 1.82) is 0 Å². The molecule has 2 N–H and O–H groups in total. The van der Waals surface area contributed by atoms with Crippen molar-refractivity contribution in [3.8, 4) is 22.6 Å². The molecule has 0 aliphatic carbocycles. The first kappa shape index (κ1) is 17.4. The fourth-order valence-corrected chi connectivity index (χ4v) is 2.86. The number of carbonyl (C=O) groups is 2. The lowest BCUT2D eigenvalue weighted by Crippen LogP contribution is -2.04. The van der Waals surface area contributed by atoms with Crippen LogP contribution in [-0.4, -0.2) is 22.8 Å². The summed E-state index contributed by atoms with van der Waals surface area (Å²) in [7, 11) is 0. The highest BCUT2D eigenvalue weighted by atomic mass is 16.3. The molecule has 3 aromatic carbocycles. The Kier molecular flexibility index (Phi) is 5.13. The number of aromatic hydroxyl groups is 2. The third kappa shape index (κ3) is 3.81. The lowest BCUT2D eigenvalue weighted by Gasteiger charge is -2.12. The summed E-state index contributed by atoms with van der Waals surface area (Å²) < 4.78 is 0. The van der Waals surface area contributed by atoms with Crippen LogP contribution in [0.2, 0.25) is 0 Å². The standard InChI is InChI=1S/C22H18O4/c23-13-16-3-1-15(2-4-16)11-20(14-24)18-7-5-17(6-8-18)19-9-10-21(25)22(26)12-19/h1-10,12-14,20,25-26H,11H2. The summed E-state index contributed by atoms with van der Waals surface area (Å²) in [4.78, 5) is 22.3. The molecule has 0 bridgehead atoms. The Labute approximate surface area is 151 Å². The van der Waals surface area contributed by atoms with Gasteiger partial charge in [-0.2, -0.15) is 0 Å². The van der Waals surface area contributed by atoms with E-state index in [2.05, 4.69) is 0 Å². The van der Waals surface area contributed by atoms with Crippen LogP contribution in [0.25, 0.3) is 11.1 Å². The summed E-state index contributed by atoms with van der Waals surface area (Å²) in [6.45, 7) is 0. The predicted molar refractivity (Wildman–Crippen MR) is 99.5 cm³/mol. The van der Waals surface area contributed by atoms with Crippen molar-refractivity contribution in [2.75, 3.05) is 0 Å². The monoisotopic (exact) mass is 346 g/mol. The highest BCUT2D eigenvalue weighted by molar-refractivity contribution is 5.74. The number of rotatable bonds is 6. The van der Waals surface area contributed by atoms with Crippen molar-refractivity contribution >= 4 is 12.6 Å². The molecule has 0 heterocycles. The molecule has 1 unspecified atom stereocenters. The van der Waals surface area contributed by atoms with Gasteiger partial charge in [0, 0.05) is 11.5 Å². The second kappa shape index (κ2) is 7.66. The maximum absolute atomic E-state index is 11.6. The molecule has 4 nitrogen and oxygen atoms in total. The second-order valence-corrected chi connectivity index (χ2v) is 6.13. The van der Waals surface area contributed by atoms with Crippen LogP contribution < -0.4 is 0 Å². The lowest BCUT2D eigenvalue weighted by atomic mass is 9.91. The number of phenols is 2. The van der Waals surface area contributed by atoms with Crippen LogP contribution in [-0.2, 0) is 11.2 Å². The molecule has 4 heteroatoms. The van der Waals surface area contributed by atoms with Crippen molar-refractivity contribution in [1.82, 2.24) is 0 Å². The molecule has 0 radical (unpaired) electrons. The highest BCUT2D eigenvalue weighted by Crippen LogP contribution is 2.31. The molecular formula is C22H18O4. The van der Waals surface area contributed by atoms with E-state index in [1.54, 1.807) is 18.2 Å². The van der Waals surface area contributed by atoms with E-state index < -0.39 is 0 Å². The Morgan fingerprint density at radius 3 is 2.00 bits per heavy atom. The van der Waals surface area contributed by atoms with Gasteiger partial charge in [0.2, 0.25) is 0 Å². The molecule has 26 heavy (non-hydrogen) atoms. The zero-order valence-electron chi connectivity index (χ0n) is 14.0. The first-order valence-electron chi connectivity index (χ1n) is 8.22. The van der Waals surface area contributed by atoms with Gasteiger partial charge in [-0.25, -0.2) is 0 Å². The third-order valence-electron chi connectivity index (χ3n) is 4.38. The Hall–Kier alpha value is -3.40. The Bertz CT molecular complexity index is 912. The maximum Gasteiger partial charge on any atom is 0.158 e. The van der Waals surface area contributed by atoms with Crippen molar-refractivity contribution in [2.45, 2.75) is 12.3 Å².